The first-order valence-corrected chi connectivity index (χ1v) is 7.23. The molecule has 1 unspecified atom stereocenters. The highest BCUT2D eigenvalue weighted by Gasteiger charge is 2.24. The van der Waals surface area contributed by atoms with Crippen LogP contribution in [0.2, 0.25) is 0 Å². The van der Waals surface area contributed by atoms with Gasteiger partial charge in [-0.1, -0.05) is 42.5 Å². The van der Waals surface area contributed by atoms with Crippen LogP contribution in [0.4, 0.5) is 0 Å². The number of amides is 1. The number of benzene rings is 2. The summed E-state index contributed by atoms with van der Waals surface area (Å²) in [6.45, 7) is 1.51. The molecule has 96 valence electrons. The highest BCUT2D eigenvalue weighted by molar-refractivity contribution is 7.99. The van der Waals surface area contributed by atoms with Crippen molar-refractivity contribution >= 4 is 18.2 Å². The predicted molar refractivity (Wildman–Crippen MR) is 78.0 cm³/mol. The first-order valence-electron chi connectivity index (χ1n) is 6.35. The average Bonchev–Trinajstić information content (AvgIpc) is 2.48. The molecule has 0 aliphatic carbocycles. The van der Waals surface area contributed by atoms with Gasteiger partial charge >= 0.3 is 0 Å². The van der Waals surface area contributed by atoms with Gasteiger partial charge in [-0.2, -0.15) is 0 Å². The zero-order valence-electron chi connectivity index (χ0n) is 10.5. The van der Waals surface area contributed by atoms with Crippen LogP contribution in [0, 0.1) is 0 Å². The summed E-state index contributed by atoms with van der Waals surface area (Å²) >= 11 is 1.83. The first-order chi connectivity index (χ1) is 9.36. The van der Waals surface area contributed by atoms with Gasteiger partial charge in [-0.15, -0.1) is 11.8 Å². The smallest absolute Gasteiger partial charge is 0.210 e. The topological polar surface area (TPSA) is 20.3 Å². The molecule has 1 aliphatic rings. The number of hydrogen-bond acceptors (Lipinski definition) is 2. The molecule has 0 saturated carbocycles. The maximum Gasteiger partial charge on any atom is 0.210 e. The summed E-state index contributed by atoms with van der Waals surface area (Å²) in [7, 11) is 0. The predicted octanol–water partition coefficient (Wildman–Crippen LogP) is 3.49. The Balaban J connectivity index is 1.90. The Kier molecular flexibility index (Phi) is 3.56. The third kappa shape index (κ3) is 2.66. The van der Waals surface area contributed by atoms with E-state index in [9.17, 15) is 4.79 Å². The van der Waals surface area contributed by atoms with Gasteiger partial charge in [0, 0.05) is 18.0 Å². The van der Waals surface area contributed by atoms with Gasteiger partial charge in [0.05, 0.1) is 5.25 Å². The van der Waals surface area contributed by atoms with Crippen molar-refractivity contribution in [3.05, 3.63) is 65.7 Å². The van der Waals surface area contributed by atoms with E-state index in [4.69, 9.17) is 0 Å². The third-order valence-electron chi connectivity index (χ3n) is 3.35. The number of fused-ring (bicyclic) bond motifs is 1. The monoisotopic (exact) mass is 269 g/mol. The molecule has 1 atom stereocenters. The third-order valence-corrected chi connectivity index (χ3v) is 4.58. The minimum Gasteiger partial charge on any atom is -0.339 e. The highest BCUT2D eigenvalue weighted by atomic mass is 32.2. The van der Waals surface area contributed by atoms with Crippen molar-refractivity contribution in [2.75, 3.05) is 6.54 Å². The normalized spacial score (nSPS) is 17.9. The molecule has 3 heteroatoms. The summed E-state index contributed by atoms with van der Waals surface area (Å²) in [4.78, 5) is 14.2. The van der Waals surface area contributed by atoms with Crippen molar-refractivity contribution in [1.29, 1.82) is 0 Å². The second-order valence-electron chi connectivity index (χ2n) is 4.65. The van der Waals surface area contributed by atoms with Gasteiger partial charge < -0.3 is 4.90 Å². The molecule has 1 aliphatic heterocycles. The van der Waals surface area contributed by atoms with Crippen LogP contribution in [-0.2, 0) is 11.3 Å². The highest BCUT2D eigenvalue weighted by Crippen LogP contribution is 2.39. The number of hydrogen-bond donors (Lipinski definition) is 0. The van der Waals surface area contributed by atoms with Crippen LogP contribution in [0.1, 0.15) is 16.4 Å². The largest absolute Gasteiger partial charge is 0.339 e. The standard InChI is InChI=1S/C16H15NOS/c18-12-17-10-13-6-4-5-9-15(13)16(11-17)19-14-7-2-1-3-8-14/h1-9,12,16H,10-11H2. The van der Waals surface area contributed by atoms with E-state index in [0.717, 1.165) is 19.5 Å². The second kappa shape index (κ2) is 5.49. The van der Waals surface area contributed by atoms with Crippen LogP contribution in [0.5, 0.6) is 0 Å². The molecule has 1 amide bonds. The van der Waals surface area contributed by atoms with Crippen LogP contribution >= 0.6 is 11.8 Å². The molecular weight excluding hydrogens is 254 g/mol. The Bertz CT molecular complexity index is 570. The number of thioether (sulfide) groups is 1. The summed E-state index contributed by atoms with van der Waals surface area (Å²) in [5, 5.41) is 0.317. The zero-order chi connectivity index (χ0) is 13.1. The van der Waals surface area contributed by atoms with Gasteiger partial charge in [0.25, 0.3) is 0 Å². The Morgan fingerprint density at radius 2 is 1.79 bits per heavy atom. The van der Waals surface area contributed by atoms with Crippen molar-refractivity contribution in [2.24, 2.45) is 0 Å². The second-order valence-corrected chi connectivity index (χ2v) is 5.93. The van der Waals surface area contributed by atoms with Crippen molar-refractivity contribution in [1.82, 2.24) is 4.90 Å². The zero-order valence-corrected chi connectivity index (χ0v) is 11.3. The molecule has 2 aromatic carbocycles. The number of carbonyl (C=O) groups excluding carboxylic acids is 1. The van der Waals surface area contributed by atoms with Gasteiger partial charge in [0.1, 0.15) is 0 Å². The van der Waals surface area contributed by atoms with Crippen LogP contribution in [0.25, 0.3) is 0 Å². The molecule has 0 N–H and O–H groups in total. The maximum absolute atomic E-state index is 11.1. The van der Waals surface area contributed by atoms with Crippen molar-refractivity contribution < 1.29 is 4.79 Å². The molecule has 0 fully saturated rings. The van der Waals surface area contributed by atoms with E-state index in [1.165, 1.54) is 16.0 Å². The fourth-order valence-electron chi connectivity index (χ4n) is 2.43. The lowest BCUT2D eigenvalue weighted by Gasteiger charge is -2.32. The average molecular weight is 269 g/mol. The minimum absolute atomic E-state index is 0.317. The van der Waals surface area contributed by atoms with Gasteiger partial charge in [0.15, 0.2) is 0 Å². The van der Waals surface area contributed by atoms with E-state index in [1.54, 1.807) is 0 Å². The van der Waals surface area contributed by atoms with E-state index >= 15 is 0 Å². The SMILES string of the molecule is O=CN1Cc2ccccc2C(Sc2ccccc2)C1. The van der Waals surface area contributed by atoms with Crippen molar-refractivity contribution in [2.45, 2.75) is 16.7 Å². The minimum atomic E-state index is 0.317. The van der Waals surface area contributed by atoms with Gasteiger partial charge in [-0.25, -0.2) is 0 Å². The van der Waals surface area contributed by atoms with Crippen LogP contribution < -0.4 is 0 Å². The Morgan fingerprint density at radius 3 is 2.58 bits per heavy atom. The summed E-state index contributed by atoms with van der Waals surface area (Å²) in [5.41, 5.74) is 2.61. The molecular formula is C16H15NOS. The van der Waals surface area contributed by atoms with Crippen LogP contribution in [0.3, 0.4) is 0 Å². The van der Waals surface area contributed by atoms with E-state index in [-0.39, 0.29) is 0 Å². The van der Waals surface area contributed by atoms with E-state index in [1.807, 2.05) is 28.8 Å². The molecule has 0 saturated heterocycles. The lowest BCUT2D eigenvalue weighted by atomic mass is 10.00. The fourth-order valence-corrected chi connectivity index (χ4v) is 3.70. The number of rotatable bonds is 3. The van der Waals surface area contributed by atoms with Gasteiger partial charge in [-0.05, 0) is 23.3 Å². The van der Waals surface area contributed by atoms with Crippen LogP contribution in [-0.4, -0.2) is 17.9 Å². The van der Waals surface area contributed by atoms with E-state index < -0.39 is 0 Å². The number of carbonyl (C=O) groups is 1. The maximum atomic E-state index is 11.1. The molecule has 0 aromatic heterocycles. The molecule has 2 nitrogen and oxygen atoms in total. The lowest BCUT2D eigenvalue weighted by molar-refractivity contribution is -0.118. The fraction of sp³-hybridized carbons (Fsp3) is 0.188. The molecule has 1 heterocycles. The summed E-state index contributed by atoms with van der Waals surface area (Å²) < 4.78 is 0. The Hall–Kier alpha value is -1.74. The Labute approximate surface area is 117 Å². The van der Waals surface area contributed by atoms with E-state index in [2.05, 4.69) is 42.5 Å². The summed E-state index contributed by atoms with van der Waals surface area (Å²) in [6.07, 6.45) is 0.953. The summed E-state index contributed by atoms with van der Waals surface area (Å²) in [5.74, 6) is 0. The van der Waals surface area contributed by atoms with Crippen LogP contribution in [0.15, 0.2) is 59.5 Å². The van der Waals surface area contributed by atoms with Gasteiger partial charge in [0.2, 0.25) is 6.41 Å². The van der Waals surface area contributed by atoms with Crippen molar-refractivity contribution in [3.8, 4) is 0 Å². The lowest BCUT2D eigenvalue weighted by Crippen LogP contribution is -2.31. The Morgan fingerprint density at radius 1 is 1.05 bits per heavy atom. The first kappa shape index (κ1) is 12.3. The quantitative estimate of drug-likeness (QED) is 0.795. The van der Waals surface area contributed by atoms with E-state index in [0.29, 0.717) is 5.25 Å². The molecule has 0 bridgehead atoms. The van der Waals surface area contributed by atoms with Crippen molar-refractivity contribution in [3.63, 3.8) is 0 Å². The summed E-state index contributed by atoms with van der Waals surface area (Å²) in [6, 6.07) is 18.8. The van der Waals surface area contributed by atoms with Gasteiger partial charge in [-0.3, -0.25) is 4.79 Å². The molecule has 2 aromatic rings. The molecule has 3 rings (SSSR count). The molecule has 0 spiro atoms. The molecule has 0 radical (unpaired) electrons. The molecule has 19 heavy (non-hydrogen) atoms. The number of nitrogens with zero attached hydrogens (tertiary/aromatic N) is 1.